The fourth-order valence-electron chi connectivity index (χ4n) is 2.14. The van der Waals surface area contributed by atoms with Gasteiger partial charge in [0.1, 0.15) is 18.2 Å². The predicted octanol–water partition coefficient (Wildman–Crippen LogP) is 1.52. The Morgan fingerprint density at radius 1 is 1.30 bits per heavy atom. The van der Waals surface area contributed by atoms with Gasteiger partial charge in [0.25, 0.3) is 0 Å². The van der Waals surface area contributed by atoms with Crippen LogP contribution in [0.4, 0.5) is 10.2 Å². The second-order valence-corrected chi connectivity index (χ2v) is 4.57. The standard InChI is InChI=1S/C15H12FN5O.ClH/c1-21-14(9-4-2-5-10(16)8-9)20-12-13(17)18-11(6-3-7-22)19-15(12)21;/h2,4-5,8,22H,7H2,1H3,(H2,17,18,19);1H. The lowest BCUT2D eigenvalue weighted by Gasteiger charge is -2.02. The number of aryl methyl sites for hydroxylation is 1. The van der Waals surface area contributed by atoms with Gasteiger partial charge in [0, 0.05) is 12.6 Å². The Labute approximate surface area is 137 Å². The van der Waals surface area contributed by atoms with Crippen LogP contribution in [0.3, 0.4) is 0 Å². The SMILES string of the molecule is Cl.Cn1c(-c2cccc(F)c2)nc2c(N)nc(C#CCO)nc21. The Hall–Kier alpha value is -2.69. The molecular formula is C15H13ClFN5O. The van der Waals surface area contributed by atoms with Crippen molar-refractivity contribution in [2.75, 3.05) is 12.3 Å². The monoisotopic (exact) mass is 333 g/mol. The maximum atomic E-state index is 13.4. The van der Waals surface area contributed by atoms with E-state index in [1.165, 1.54) is 12.1 Å². The Bertz CT molecular complexity index is 929. The van der Waals surface area contributed by atoms with Crippen molar-refractivity contribution in [1.29, 1.82) is 0 Å². The minimum Gasteiger partial charge on any atom is -0.384 e. The molecule has 0 saturated carbocycles. The number of benzene rings is 1. The molecular weight excluding hydrogens is 321 g/mol. The van der Waals surface area contributed by atoms with Crippen molar-refractivity contribution in [3.05, 3.63) is 35.9 Å². The number of halogens is 2. The average molecular weight is 334 g/mol. The molecule has 0 saturated heterocycles. The zero-order chi connectivity index (χ0) is 15.7. The van der Waals surface area contributed by atoms with Gasteiger partial charge in [-0.3, -0.25) is 0 Å². The molecule has 6 nitrogen and oxygen atoms in total. The van der Waals surface area contributed by atoms with Crippen LogP contribution in [0.1, 0.15) is 5.82 Å². The first-order chi connectivity index (χ1) is 10.6. The summed E-state index contributed by atoms with van der Waals surface area (Å²) in [5.41, 5.74) is 7.42. The summed E-state index contributed by atoms with van der Waals surface area (Å²) in [6, 6.07) is 6.11. The average Bonchev–Trinajstić information content (AvgIpc) is 2.83. The van der Waals surface area contributed by atoms with Gasteiger partial charge in [-0.2, -0.15) is 0 Å². The number of aliphatic hydroxyl groups is 1. The molecule has 3 rings (SSSR count). The van der Waals surface area contributed by atoms with Crippen molar-refractivity contribution in [2.45, 2.75) is 0 Å². The molecule has 118 valence electrons. The zero-order valence-electron chi connectivity index (χ0n) is 12.1. The highest BCUT2D eigenvalue weighted by Crippen LogP contribution is 2.25. The number of aromatic nitrogens is 4. The number of fused-ring (bicyclic) bond motifs is 1. The predicted molar refractivity (Wildman–Crippen MR) is 87.3 cm³/mol. The number of nitrogens with two attached hydrogens (primary N) is 1. The van der Waals surface area contributed by atoms with Crippen LogP contribution in [-0.2, 0) is 7.05 Å². The van der Waals surface area contributed by atoms with E-state index in [4.69, 9.17) is 10.8 Å². The van der Waals surface area contributed by atoms with E-state index in [1.54, 1.807) is 23.7 Å². The maximum Gasteiger partial charge on any atom is 0.209 e. The number of nitrogen functional groups attached to an aromatic ring is 1. The van der Waals surface area contributed by atoms with Gasteiger partial charge in [0.15, 0.2) is 17.0 Å². The molecule has 23 heavy (non-hydrogen) atoms. The van der Waals surface area contributed by atoms with Gasteiger partial charge >= 0.3 is 0 Å². The van der Waals surface area contributed by atoms with Crippen molar-refractivity contribution in [1.82, 2.24) is 19.5 Å². The third-order valence-electron chi connectivity index (χ3n) is 3.11. The lowest BCUT2D eigenvalue weighted by Crippen LogP contribution is -2.00. The van der Waals surface area contributed by atoms with Crippen LogP contribution in [0, 0.1) is 17.7 Å². The largest absolute Gasteiger partial charge is 0.384 e. The van der Waals surface area contributed by atoms with E-state index < -0.39 is 0 Å². The molecule has 3 N–H and O–H groups in total. The highest BCUT2D eigenvalue weighted by molar-refractivity contribution is 5.86. The maximum absolute atomic E-state index is 13.4. The van der Waals surface area contributed by atoms with E-state index in [2.05, 4.69) is 26.8 Å². The van der Waals surface area contributed by atoms with E-state index in [0.717, 1.165) is 0 Å². The van der Waals surface area contributed by atoms with Crippen LogP contribution in [-0.4, -0.2) is 31.2 Å². The first-order valence-electron chi connectivity index (χ1n) is 6.45. The summed E-state index contributed by atoms with van der Waals surface area (Å²) < 4.78 is 15.1. The molecule has 0 radical (unpaired) electrons. The second kappa shape index (κ2) is 6.60. The minimum absolute atomic E-state index is 0. The van der Waals surface area contributed by atoms with Crippen molar-refractivity contribution in [3.63, 3.8) is 0 Å². The Morgan fingerprint density at radius 2 is 2.09 bits per heavy atom. The number of nitrogens with zero attached hydrogens (tertiary/aromatic N) is 4. The Kier molecular flexibility index (Phi) is 4.79. The highest BCUT2D eigenvalue weighted by Gasteiger charge is 2.15. The summed E-state index contributed by atoms with van der Waals surface area (Å²) in [6.07, 6.45) is 0. The molecule has 8 heteroatoms. The van der Waals surface area contributed by atoms with Gasteiger partial charge in [0.05, 0.1) is 0 Å². The first kappa shape index (κ1) is 16.7. The molecule has 2 aromatic heterocycles. The van der Waals surface area contributed by atoms with Gasteiger partial charge in [-0.05, 0) is 18.1 Å². The van der Waals surface area contributed by atoms with E-state index >= 15 is 0 Å². The van der Waals surface area contributed by atoms with Gasteiger partial charge in [-0.15, -0.1) is 12.4 Å². The normalized spacial score (nSPS) is 10.0. The van der Waals surface area contributed by atoms with Crippen molar-refractivity contribution in [3.8, 4) is 23.2 Å². The molecule has 1 aromatic carbocycles. The molecule has 0 atom stereocenters. The smallest absolute Gasteiger partial charge is 0.209 e. The lowest BCUT2D eigenvalue weighted by molar-refractivity contribution is 0.350. The van der Waals surface area contributed by atoms with E-state index in [-0.39, 0.29) is 36.5 Å². The van der Waals surface area contributed by atoms with Crippen molar-refractivity contribution < 1.29 is 9.50 Å². The summed E-state index contributed by atoms with van der Waals surface area (Å²) in [6.45, 7) is -0.290. The summed E-state index contributed by atoms with van der Waals surface area (Å²) in [7, 11) is 1.76. The third-order valence-corrected chi connectivity index (χ3v) is 3.11. The van der Waals surface area contributed by atoms with E-state index in [0.29, 0.717) is 22.6 Å². The third kappa shape index (κ3) is 3.08. The number of imidazole rings is 1. The summed E-state index contributed by atoms with van der Waals surface area (Å²) >= 11 is 0. The topological polar surface area (TPSA) is 89.9 Å². The summed E-state index contributed by atoms with van der Waals surface area (Å²) in [5, 5.41) is 8.73. The molecule has 0 spiro atoms. The molecule has 0 aliphatic rings. The Balaban J connectivity index is 0.00000192. The number of anilines is 1. The van der Waals surface area contributed by atoms with Crippen LogP contribution in [0.5, 0.6) is 0 Å². The number of aliphatic hydroxyl groups excluding tert-OH is 1. The molecule has 0 unspecified atom stereocenters. The molecule has 2 heterocycles. The zero-order valence-corrected chi connectivity index (χ0v) is 12.9. The van der Waals surface area contributed by atoms with Gasteiger partial charge in [-0.1, -0.05) is 18.1 Å². The molecule has 0 amide bonds. The molecule has 0 aliphatic heterocycles. The van der Waals surface area contributed by atoms with Gasteiger partial charge < -0.3 is 15.4 Å². The molecule has 3 aromatic rings. The van der Waals surface area contributed by atoms with Crippen molar-refractivity contribution >= 4 is 29.4 Å². The summed E-state index contributed by atoms with van der Waals surface area (Å²) in [5.74, 6) is 5.65. The van der Waals surface area contributed by atoms with Crippen LogP contribution in [0.15, 0.2) is 24.3 Å². The first-order valence-corrected chi connectivity index (χ1v) is 6.45. The lowest BCUT2D eigenvalue weighted by atomic mass is 10.2. The van der Waals surface area contributed by atoms with Gasteiger partial charge in [0.2, 0.25) is 5.82 Å². The van der Waals surface area contributed by atoms with Gasteiger partial charge in [-0.25, -0.2) is 19.3 Å². The number of rotatable bonds is 1. The second-order valence-electron chi connectivity index (χ2n) is 4.57. The summed E-state index contributed by atoms with van der Waals surface area (Å²) in [4.78, 5) is 12.7. The number of hydrogen-bond acceptors (Lipinski definition) is 5. The fourth-order valence-corrected chi connectivity index (χ4v) is 2.14. The quantitative estimate of drug-likeness (QED) is 0.659. The molecule has 0 aliphatic carbocycles. The minimum atomic E-state index is -0.349. The van der Waals surface area contributed by atoms with E-state index in [1.807, 2.05) is 0 Å². The Morgan fingerprint density at radius 3 is 2.78 bits per heavy atom. The van der Waals surface area contributed by atoms with Crippen LogP contribution < -0.4 is 5.73 Å². The highest BCUT2D eigenvalue weighted by atomic mass is 35.5. The molecule has 0 fully saturated rings. The van der Waals surface area contributed by atoms with Crippen LogP contribution >= 0.6 is 12.4 Å². The molecule has 0 bridgehead atoms. The fraction of sp³-hybridized carbons (Fsp3) is 0.133. The van der Waals surface area contributed by atoms with Crippen LogP contribution in [0.2, 0.25) is 0 Å². The number of hydrogen-bond donors (Lipinski definition) is 2. The van der Waals surface area contributed by atoms with E-state index in [9.17, 15) is 4.39 Å². The van der Waals surface area contributed by atoms with Crippen LogP contribution in [0.25, 0.3) is 22.6 Å². The van der Waals surface area contributed by atoms with Crippen molar-refractivity contribution in [2.24, 2.45) is 7.05 Å².